The lowest BCUT2D eigenvalue weighted by molar-refractivity contribution is 0.0444. The van der Waals surface area contributed by atoms with Crippen LogP contribution in [0.1, 0.15) is 31.9 Å². The minimum atomic E-state index is -0.515. The maximum Gasteiger partial charge on any atom is 0.138 e. The Kier molecular flexibility index (Phi) is 3.79. The predicted octanol–water partition coefficient (Wildman–Crippen LogP) is 1.93. The molecular weight excluding hydrogens is 246 g/mol. The lowest BCUT2D eigenvalue weighted by Crippen LogP contribution is -2.28. The van der Waals surface area contributed by atoms with Gasteiger partial charge in [-0.15, -0.1) is 5.10 Å². The van der Waals surface area contributed by atoms with Crippen LogP contribution in [0.15, 0.2) is 0 Å². The second-order valence-electron chi connectivity index (χ2n) is 4.62. The van der Waals surface area contributed by atoms with Gasteiger partial charge in [-0.25, -0.2) is 0 Å². The second-order valence-corrected chi connectivity index (χ2v) is 5.98. The molecule has 0 aromatic carbocycles. The second kappa shape index (κ2) is 4.96. The van der Waals surface area contributed by atoms with Gasteiger partial charge in [-0.1, -0.05) is 16.1 Å². The molecule has 0 spiro atoms. The van der Waals surface area contributed by atoms with Crippen LogP contribution in [0.3, 0.4) is 0 Å². The van der Waals surface area contributed by atoms with Crippen LogP contribution in [0.4, 0.5) is 0 Å². The molecule has 0 bridgehead atoms. The van der Waals surface area contributed by atoms with Crippen molar-refractivity contribution in [3.8, 4) is 0 Å². The van der Waals surface area contributed by atoms with Crippen LogP contribution in [0.2, 0.25) is 4.34 Å². The summed E-state index contributed by atoms with van der Waals surface area (Å²) in [7, 11) is 0. The van der Waals surface area contributed by atoms with Crippen LogP contribution >= 0.6 is 23.1 Å². The van der Waals surface area contributed by atoms with E-state index in [1.807, 2.05) is 6.92 Å². The molecule has 6 heteroatoms. The molecule has 0 radical (unpaired) electrons. The zero-order valence-corrected chi connectivity index (χ0v) is 10.9. The van der Waals surface area contributed by atoms with E-state index >= 15 is 0 Å². The van der Waals surface area contributed by atoms with Gasteiger partial charge in [0.15, 0.2) is 0 Å². The average molecular weight is 262 g/mol. The highest BCUT2D eigenvalue weighted by Gasteiger charge is 2.25. The third kappa shape index (κ3) is 3.13. The van der Waals surface area contributed by atoms with E-state index in [4.69, 9.17) is 11.6 Å². The van der Waals surface area contributed by atoms with E-state index in [1.165, 1.54) is 11.5 Å². The largest absolute Gasteiger partial charge is 0.390 e. The first kappa shape index (κ1) is 12.2. The molecule has 1 fully saturated rings. The van der Waals surface area contributed by atoms with E-state index in [2.05, 4.69) is 14.5 Å². The van der Waals surface area contributed by atoms with Crippen LogP contribution in [-0.4, -0.2) is 38.3 Å². The van der Waals surface area contributed by atoms with E-state index in [1.54, 1.807) is 0 Å². The van der Waals surface area contributed by atoms with Crippen molar-refractivity contribution in [3.05, 3.63) is 10.0 Å². The van der Waals surface area contributed by atoms with Gasteiger partial charge in [0.2, 0.25) is 0 Å². The third-order valence-electron chi connectivity index (χ3n) is 3.04. The zero-order chi connectivity index (χ0) is 11.6. The highest BCUT2D eigenvalue weighted by molar-refractivity contribution is 7.10. The summed E-state index contributed by atoms with van der Waals surface area (Å²) < 4.78 is 4.50. The molecule has 16 heavy (non-hydrogen) atoms. The standard InChI is InChI=1S/C10H16ClN3OS/c1-10(15)3-2-5-14(6-4-10)7-8-9(11)16-13-12-8/h15H,2-7H2,1H3. The van der Waals surface area contributed by atoms with Gasteiger partial charge in [0.25, 0.3) is 0 Å². The van der Waals surface area contributed by atoms with Crippen molar-refractivity contribution in [2.75, 3.05) is 13.1 Å². The number of rotatable bonds is 2. The maximum atomic E-state index is 9.97. The molecule has 1 aliphatic rings. The fourth-order valence-electron chi connectivity index (χ4n) is 1.98. The van der Waals surface area contributed by atoms with Gasteiger partial charge < -0.3 is 5.11 Å². The highest BCUT2D eigenvalue weighted by Crippen LogP contribution is 2.24. The summed E-state index contributed by atoms with van der Waals surface area (Å²) in [5, 5.41) is 14.0. The van der Waals surface area contributed by atoms with Crippen molar-refractivity contribution in [3.63, 3.8) is 0 Å². The Bertz CT molecular complexity index is 356. The van der Waals surface area contributed by atoms with Crippen LogP contribution in [-0.2, 0) is 6.54 Å². The minimum absolute atomic E-state index is 0.515. The molecule has 1 aliphatic heterocycles. The van der Waals surface area contributed by atoms with Crippen molar-refractivity contribution in [1.29, 1.82) is 0 Å². The summed E-state index contributed by atoms with van der Waals surface area (Å²) >= 11 is 7.20. The molecule has 1 aromatic heterocycles. The monoisotopic (exact) mass is 261 g/mol. The van der Waals surface area contributed by atoms with E-state index in [9.17, 15) is 5.11 Å². The summed E-state index contributed by atoms with van der Waals surface area (Å²) in [4.78, 5) is 2.28. The summed E-state index contributed by atoms with van der Waals surface area (Å²) in [6.07, 6.45) is 2.69. The molecular formula is C10H16ClN3OS. The van der Waals surface area contributed by atoms with Crippen LogP contribution in [0, 0.1) is 0 Å². The number of halogens is 1. The van der Waals surface area contributed by atoms with E-state index in [0.717, 1.165) is 44.6 Å². The van der Waals surface area contributed by atoms with Gasteiger partial charge in [0.1, 0.15) is 10.0 Å². The van der Waals surface area contributed by atoms with Crippen LogP contribution < -0.4 is 0 Å². The molecule has 0 aliphatic carbocycles. The lowest BCUT2D eigenvalue weighted by atomic mass is 9.98. The first-order chi connectivity index (χ1) is 7.57. The number of likely N-dealkylation sites (tertiary alicyclic amines) is 1. The Morgan fingerprint density at radius 2 is 2.31 bits per heavy atom. The topological polar surface area (TPSA) is 49.2 Å². The minimum Gasteiger partial charge on any atom is -0.390 e. The zero-order valence-electron chi connectivity index (χ0n) is 9.32. The first-order valence-electron chi connectivity index (χ1n) is 5.48. The normalized spacial score (nSPS) is 27.9. The molecule has 1 atom stereocenters. The molecule has 0 saturated carbocycles. The maximum absolute atomic E-state index is 9.97. The molecule has 1 N–H and O–H groups in total. The van der Waals surface area contributed by atoms with Crippen molar-refractivity contribution < 1.29 is 5.11 Å². The average Bonchev–Trinajstić information content (AvgIpc) is 2.52. The van der Waals surface area contributed by atoms with Crippen LogP contribution in [0.5, 0.6) is 0 Å². The molecule has 1 saturated heterocycles. The van der Waals surface area contributed by atoms with Gasteiger partial charge in [0, 0.05) is 24.6 Å². The fraction of sp³-hybridized carbons (Fsp3) is 0.800. The van der Waals surface area contributed by atoms with Crippen molar-refractivity contribution in [2.24, 2.45) is 0 Å². The van der Waals surface area contributed by atoms with E-state index in [0.29, 0.717) is 4.34 Å². The lowest BCUT2D eigenvalue weighted by Gasteiger charge is -2.21. The molecule has 1 aromatic rings. The Morgan fingerprint density at radius 3 is 3.00 bits per heavy atom. The highest BCUT2D eigenvalue weighted by atomic mass is 35.5. The van der Waals surface area contributed by atoms with Crippen molar-refractivity contribution in [2.45, 2.75) is 38.3 Å². The van der Waals surface area contributed by atoms with Gasteiger partial charge >= 0.3 is 0 Å². The number of aromatic nitrogens is 2. The summed E-state index contributed by atoms with van der Waals surface area (Å²) in [6, 6.07) is 0. The quantitative estimate of drug-likeness (QED) is 0.884. The number of aliphatic hydroxyl groups is 1. The summed E-state index contributed by atoms with van der Waals surface area (Å²) in [5.41, 5.74) is 0.340. The van der Waals surface area contributed by atoms with Gasteiger partial charge in [-0.2, -0.15) is 0 Å². The molecule has 0 amide bonds. The Labute approximate surface area is 104 Å². The number of hydrogen-bond donors (Lipinski definition) is 1. The summed E-state index contributed by atoms with van der Waals surface area (Å²) in [6.45, 7) is 4.53. The van der Waals surface area contributed by atoms with E-state index in [-0.39, 0.29) is 0 Å². The third-order valence-corrected chi connectivity index (χ3v) is 4.02. The van der Waals surface area contributed by atoms with Gasteiger partial charge in [-0.05, 0) is 32.7 Å². The fourth-order valence-corrected chi connectivity index (χ4v) is 2.59. The van der Waals surface area contributed by atoms with Gasteiger partial charge in [0.05, 0.1) is 5.60 Å². The van der Waals surface area contributed by atoms with E-state index < -0.39 is 5.60 Å². The van der Waals surface area contributed by atoms with Gasteiger partial charge in [-0.3, -0.25) is 4.90 Å². The Balaban J connectivity index is 1.94. The molecule has 2 rings (SSSR count). The van der Waals surface area contributed by atoms with Crippen LogP contribution in [0.25, 0.3) is 0 Å². The SMILES string of the molecule is CC1(O)CCCN(Cc2nnsc2Cl)CC1. The first-order valence-corrected chi connectivity index (χ1v) is 6.63. The molecule has 90 valence electrons. The number of nitrogens with zero attached hydrogens (tertiary/aromatic N) is 3. The smallest absolute Gasteiger partial charge is 0.138 e. The molecule has 2 heterocycles. The van der Waals surface area contributed by atoms with Crippen molar-refractivity contribution in [1.82, 2.24) is 14.5 Å². The Hall–Kier alpha value is -0.230. The molecule has 4 nitrogen and oxygen atoms in total. The molecule has 1 unspecified atom stereocenters. The Morgan fingerprint density at radius 1 is 1.50 bits per heavy atom. The van der Waals surface area contributed by atoms with Crippen molar-refractivity contribution >= 4 is 23.1 Å². The number of hydrogen-bond acceptors (Lipinski definition) is 5. The summed E-state index contributed by atoms with van der Waals surface area (Å²) in [5.74, 6) is 0. The predicted molar refractivity (Wildman–Crippen MR) is 64.7 cm³/mol.